The average Bonchev–Trinajstić information content (AvgIpc) is 2.67. The van der Waals surface area contributed by atoms with E-state index < -0.39 is 0 Å². The molecule has 0 bridgehead atoms. The molecule has 2 atom stereocenters. The minimum absolute atomic E-state index is 0.0185. The number of carbonyl (C=O) groups excluding carboxylic acids is 1. The Hall–Kier alpha value is -0.570. The van der Waals surface area contributed by atoms with Gasteiger partial charge in [0.2, 0.25) is 0 Å². The van der Waals surface area contributed by atoms with Crippen LogP contribution in [0, 0.1) is 5.92 Å². The van der Waals surface area contributed by atoms with Crippen LogP contribution in [0.1, 0.15) is 13.3 Å². The van der Waals surface area contributed by atoms with Gasteiger partial charge in [-0.25, -0.2) is 0 Å². The van der Waals surface area contributed by atoms with Crippen molar-refractivity contribution in [2.45, 2.75) is 19.4 Å². The molecule has 1 saturated carbocycles. The number of hydrogen-bond acceptors (Lipinski definition) is 3. The lowest BCUT2D eigenvalue weighted by Gasteiger charge is -1.97. The second-order valence-corrected chi connectivity index (χ2v) is 2.36. The topological polar surface area (TPSA) is 35.5 Å². The van der Waals surface area contributed by atoms with Gasteiger partial charge in [-0.15, -0.1) is 0 Å². The summed E-state index contributed by atoms with van der Waals surface area (Å²) in [6.45, 7) is 2.60. The summed E-state index contributed by atoms with van der Waals surface area (Å²) in [6.07, 6.45) is 0.970. The van der Waals surface area contributed by atoms with Gasteiger partial charge in [0.05, 0.1) is 19.1 Å². The Morgan fingerprint density at radius 2 is 2.40 bits per heavy atom. The molecule has 1 aliphatic carbocycles. The van der Waals surface area contributed by atoms with Crippen molar-refractivity contribution in [2.75, 3.05) is 13.7 Å². The molecule has 0 aromatic carbocycles. The molecule has 0 heterocycles. The van der Waals surface area contributed by atoms with Gasteiger partial charge in [0, 0.05) is 6.61 Å². The van der Waals surface area contributed by atoms with Crippen molar-refractivity contribution in [1.82, 2.24) is 0 Å². The molecule has 0 aliphatic heterocycles. The molecule has 58 valence electrons. The number of rotatable bonds is 3. The van der Waals surface area contributed by atoms with Crippen LogP contribution in [0.25, 0.3) is 0 Å². The number of esters is 1. The third kappa shape index (κ3) is 1.48. The van der Waals surface area contributed by atoms with Gasteiger partial charge in [-0.3, -0.25) is 4.79 Å². The smallest absolute Gasteiger partial charge is 0.311 e. The average molecular weight is 144 g/mol. The van der Waals surface area contributed by atoms with Gasteiger partial charge in [0.25, 0.3) is 0 Å². The highest BCUT2D eigenvalue weighted by Gasteiger charge is 2.44. The lowest BCUT2D eigenvalue weighted by Crippen LogP contribution is -2.08. The van der Waals surface area contributed by atoms with Gasteiger partial charge >= 0.3 is 5.97 Å². The van der Waals surface area contributed by atoms with Gasteiger partial charge in [-0.1, -0.05) is 0 Å². The van der Waals surface area contributed by atoms with Crippen molar-refractivity contribution in [1.29, 1.82) is 0 Å². The monoisotopic (exact) mass is 144 g/mol. The van der Waals surface area contributed by atoms with E-state index in [2.05, 4.69) is 4.74 Å². The van der Waals surface area contributed by atoms with Crippen LogP contribution in [-0.2, 0) is 14.3 Å². The molecular formula is C7H12O3. The van der Waals surface area contributed by atoms with E-state index in [1.165, 1.54) is 7.11 Å². The number of methoxy groups -OCH3 is 1. The van der Waals surface area contributed by atoms with E-state index >= 15 is 0 Å². The van der Waals surface area contributed by atoms with Crippen LogP contribution < -0.4 is 0 Å². The Morgan fingerprint density at radius 1 is 1.70 bits per heavy atom. The number of carbonyl (C=O) groups is 1. The Bertz CT molecular complexity index is 133. The van der Waals surface area contributed by atoms with E-state index in [4.69, 9.17) is 4.74 Å². The van der Waals surface area contributed by atoms with Crippen LogP contribution in [0.5, 0.6) is 0 Å². The van der Waals surface area contributed by atoms with Gasteiger partial charge in [0.15, 0.2) is 0 Å². The molecule has 1 aliphatic rings. The van der Waals surface area contributed by atoms with Crippen molar-refractivity contribution in [3.8, 4) is 0 Å². The first-order valence-corrected chi connectivity index (χ1v) is 3.49. The first kappa shape index (κ1) is 7.54. The summed E-state index contributed by atoms with van der Waals surface area (Å²) in [4.78, 5) is 10.8. The molecule has 0 radical (unpaired) electrons. The molecule has 1 rings (SSSR count). The molecule has 0 aromatic rings. The third-order valence-electron chi connectivity index (χ3n) is 1.62. The van der Waals surface area contributed by atoms with Crippen LogP contribution in [0.2, 0.25) is 0 Å². The van der Waals surface area contributed by atoms with Crippen molar-refractivity contribution >= 4 is 5.97 Å². The lowest BCUT2D eigenvalue weighted by molar-refractivity contribution is -0.143. The van der Waals surface area contributed by atoms with Crippen LogP contribution in [0.3, 0.4) is 0 Å². The molecule has 3 nitrogen and oxygen atoms in total. The highest BCUT2D eigenvalue weighted by atomic mass is 16.5. The van der Waals surface area contributed by atoms with E-state index in [1.807, 2.05) is 6.92 Å². The summed E-state index contributed by atoms with van der Waals surface area (Å²) < 4.78 is 9.72. The number of ether oxygens (including phenoxy) is 2. The van der Waals surface area contributed by atoms with Crippen molar-refractivity contribution in [3.05, 3.63) is 0 Å². The lowest BCUT2D eigenvalue weighted by atomic mass is 10.4. The van der Waals surface area contributed by atoms with E-state index in [0.29, 0.717) is 6.61 Å². The Kier molecular flexibility index (Phi) is 2.27. The quantitative estimate of drug-likeness (QED) is 0.544. The predicted molar refractivity (Wildman–Crippen MR) is 35.5 cm³/mol. The van der Waals surface area contributed by atoms with Gasteiger partial charge in [-0.05, 0) is 13.3 Å². The first-order valence-electron chi connectivity index (χ1n) is 3.49. The van der Waals surface area contributed by atoms with Gasteiger partial charge < -0.3 is 9.47 Å². The minimum atomic E-state index is -0.140. The van der Waals surface area contributed by atoms with Gasteiger partial charge in [-0.2, -0.15) is 0 Å². The summed E-state index contributed by atoms with van der Waals surface area (Å²) in [6, 6.07) is 0. The van der Waals surface area contributed by atoms with Crippen LogP contribution in [-0.4, -0.2) is 25.8 Å². The summed E-state index contributed by atoms with van der Waals surface area (Å²) in [5.41, 5.74) is 0. The molecule has 1 fully saturated rings. The molecule has 0 saturated heterocycles. The third-order valence-corrected chi connectivity index (χ3v) is 1.62. The fourth-order valence-electron chi connectivity index (χ4n) is 0.969. The van der Waals surface area contributed by atoms with Gasteiger partial charge in [0.1, 0.15) is 0 Å². The molecular weight excluding hydrogens is 132 g/mol. The molecule has 10 heavy (non-hydrogen) atoms. The SMILES string of the molecule is CCO[C@@H]1C[C@H]1C(=O)OC. The number of hydrogen-bond donors (Lipinski definition) is 0. The fourth-order valence-corrected chi connectivity index (χ4v) is 0.969. The molecule has 0 amide bonds. The van der Waals surface area contributed by atoms with E-state index in [0.717, 1.165) is 6.42 Å². The molecule has 0 aromatic heterocycles. The zero-order valence-electron chi connectivity index (χ0n) is 6.29. The normalized spacial score (nSPS) is 29.8. The second kappa shape index (κ2) is 3.01. The minimum Gasteiger partial charge on any atom is -0.469 e. The standard InChI is InChI=1S/C7H12O3/c1-3-10-6-4-5(6)7(8)9-2/h5-6H,3-4H2,1-2H3/t5-,6-/m1/s1. The summed E-state index contributed by atoms with van der Waals surface area (Å²) in [5, 5.41) is 0. The maximum Gasteiger partial charge on any atom is 0.311 e. The maximum absolute atomic E-state index is 10.8. The van der Waals surface area contributed by atoms with Crippen molar-refractivity contribution < 1.29 is 14.3 Å². The fraction of sp³-hybridized carbons (Fsp3) is 0.857. The Balaban J connectivity index is 2.18. The molecule has 0 N–H and O–H groups in total. The Morgan fingerprint density at radius 3 is 2.90 bits per heavy atom. The summed E-state index contributed by atoms with van der Waals surface area (Å²) in [5.74, 6) is -0.122. The second-order valence-electron chi connectivity index (χ2n) is 2.36. The van der Waals surface area contributed by atoms with E-state index in [-0.39, 0.29) is 18.0 Å². The largest absolute Gasteiger partial charge is 0.469 e. The van der Waals surface area contributed by atoms with Crippen LogP contribution in [0.4, 0.5) is 0 Å². The molecule has 3 heteroatoms. The Labute approximate surface area is 60.3 Å². The molecule has 0 spiro atoms. The van der Waals surface area contributed by atoms with E-state index in [1.54, 1.807) is 0 Å². The highest BCUT2D eigenvalue weighted by molar-refractivity contribution is 5.76. The first-order chi connectivity index (χ1) is 4.79. The summed E-state index contributed by atoms with van der Waals surface area (Å²) >= 11 is 0. The maximum atomic E-state index is 10.8. The molecule has 0 unspecified atom stereocenters. The summed E-state index contributed by atoms with van der Waals surface area (Å²) in [7, 11) is 1.41. The zero-order valence-corrected chi connectivity index (χ0v) is 6.29. The predicted octanol–water partition coefficient (Wildman–Crippen LogP) is 0.584. The zero-order chi connectivity index (χ0) is 7.56. The van der Waals surface area contributed by atoms with Crippen LogP contribution in [0.15, 0.2) is 0 Å². The van der Waals surface area contributed by atoms with Crippen molar-refractivity contribution in [2.24, 2.45) is 5.92 Å². The van der Waals surface area contributed by atoms with Crippen LogP contribution >= 0.6 is 0 Å². The van der Waals surface area contributed by atoms with Crippen molar-refractivity contribution in [3.63, 3.8) is 0 Å². The van der Waals surface area contributed by atoms with E-state index in [9.17, 15) is 4.79 Å². The highest BCUT2D eigenvalue weighted by Crippen LogP contribution is 2.34.